The number of nitrogens with one attached hydrogen (secondary N) is 1. The van der Waals surface area contributed by atoms with Crippen molar-refractivity contribution in [1.29, 1.82) is 0 Å². The van der Waals surface area contributed by atoms with Gasteiger partial charge in [-0.25, -0.2) is 0 Å². The third-order valence-corrected chi connectivity index (χ3v) is 3.73. The quantitative estimate of drug-likeness (QED) is 0.672. The number of rotatable bonds is 7. The highest BCUT2D eigenvalue weighted by Crippen LogP contribution is 2.19. The van der Waals surface area contributed by atoms with Crippen LogP contribution >= 0.6 is 0 Å². The van der Waals surface area contributed by atoms with Crippen LogP contribution in [0.25, 0.3) is 0 Å². The fraction of sp³-hybridized carbons (Fsp3) is 0.857. The molecule has 6 nitrogen and oxygen atoms in total. The normalized spacial score (nSPS) is 20.7. The smallest absolute Gasteiger partial charge is 0.239 e. The molecule has 2 unspecified atom stereocenters. The van der Waals surface area contributed by atoms with E-state index in [4.69, 9.17) is 0 Å². The Labute approximate surface area is 121 Å². The SMILES string of the molecule is CCCNC(=O)CN(C)C(=O)CN1CCC(C(C)O)C1. The molecule has 20 heavy (non-hydrogen) atoms. The van der Waals surface area contributed by atoms with Gasteiger partial charge in [-0.15, -0.1) is 0 Å². The molecule has 0 radical (unpaired) electrons. The minimum Gasteiger partial charge on any atom is -0.393 e. The predicted molar refractivity (Wildman–Crippen MR) is 77.2 cm³/mol. The van der Waals surface area contributed by atoms with E-state index in [0.29, 0.717) is 13.1 Å². The molecule has 116 valence electrons. The molecule has 0 spiro atoms. The highest BCUT2D eigenvalue weighted by Gasteiger charge is 2.27. The Balaban J connectivity index is 2.30. The van der Waals surface area contributed by atoms with Gasteiger partial charge in [0, 0.05) is 20.1 Å². The number of carbonyl (C=O) groups excluding carboxylic acids is 2. The molecule has 1 saturated heterocycles. The van der Waals surface area contributed by atoms with E-state index in [2.05, 4.69) is 5.32 Å². The van der Waals surface area contributed by atoms with Crippen LogP contribution in [0.2, 0.25) is 0 Å². The summed E-state index contributed by atoms with van der Waals surface area (Å²) < 4.78 is 0. The van der Waals surface area contributed by atoms with Gasteiger partial charge in [-0.1, -0.05) is 6.92 Å². The lowest BCUT2D eigenvalue weighted by Gasteiger charge is -2.21. The van der Waals surface area contributed by atoms with Crippen LogP contribution in [0.15, 0.2) is 0 Å². The lowest BCUT2D eigenvalue weighted by atomic mass is 10.0. The van der Waals surface area contributed by atoms with Crippen molar-refractivity contribution in [1.82, 2.24) is 15.1 Å². The van der Waals surface area contributed by atoms with E-state index in [-0.39, 0.29) is 30.4 Å². The van der Waals surface area contributed by atoms with Gasteiger partial charge in [-0.05, 0) is 32.2 Å². The van der Waals surface area contributed by atoms with Crippen LogP contribution in [0.3, 0.4) is 0 Å². The monoisotopic (exact) mass is 285 g/mol. The van der Waals surface area contributed by atoms with Gasteiger partial charge in [-0.3, -0.25) is 14.5 Å². The van der Waals surface area contributed by atoms with Gasteiger partial charge in [0.2, 0.25) is 11.8 Å². The fourth-order valence-corrected chi connectivity index (χ4v) is 2.34. The number of hydrogen-bond acceptors (Lipinski definition) is 4. The lowest BCUT2D eigenvalue weighted by Crippen LogP contribution is -2.43. The van der Waals surface area contributed by atoms with E-state index in [1.807, 2.05) is 11.8 Å². The third-order valence-electron chi connectivity index (χ3n) is 3.73. The van der Waals surface area contributed by atoms with Crippen molar-refractivity contribution < 1.29 is 14.7 Å². The van der Waals surface area contributed by atoms with E-state index in [0.717, 1.165) is 25.9 Å². The van der Waals surface area contributed by atoms with Gasteiger partial charge in [0.05, 0.1) is 19.2 Å². The zero-order valence-electron chi connectivity index (χ0n) is 12.8. The predicted octanol–water partition coefficient (Wildman–Crippen LogP) is -0.326. The molecule has 0 aromatic heterocycles. The molecule has 1 rings (SSSR count). The first kappa shape index (κ1) is 16.9. The van der Waals surface area contributed by atoms with E-state index >= 15 is 0 Å². The first-order chi connectivity index (χ1) is 9.43. The molecule has 0 aliphatic carbocycles. The van der Waals surface area contributed by atoms with Crippen LogP contribution in [-0.2, 0) is 9.59 Å². The van der Waals surface area contributed by atoms with Gasteiger partial charge >= 0.3 is 0 Å². The van der Waals surface area contributed by atoms with E-state index in [9.17, 15) is 14.7 Å². The average molecular weight is 285 g/mol. The zero-order chi connectivity index (χ0) is 15.1. The maximum absolute atomic E-state index is 12.0. The molecule has 2 N–H and O–H groups in total. The lowest BCUT2D eigenvalue weighted by molar-refractivity contribution is -0.135. The second kappa shape index (κ2) is 8.21. The highest BCUT2D eigenvalue weighted by molar-refractivity contribution is 5.85. The van der Waals surface area contributed by atoms with Crippen LogP contribution in [0.4, 0.5) is 0 Å². The van der Waals surface area contributed by atoms with Crippen LogP contribution in [-0.4, -0.2) is 72.6 Å². The summed E-state index contributed by atoms with van der Waals surface area (Å²) in [4.78, 5) is 27.1. The summed E-state index contributed by atoms with van der Waals surface area (Å²) in [6, 6.07) is 0. The van der Waals surface area contributed by atoms with E-state index in [1.54, 1.807) is 14.0 Å². The summed E-state index contributed by atoms with van der Waals surface area (Å²) >= 11 is 0. The number of aliphatic hydroxyl groups excluding tert-OH is 1. The largest absolute Gasteiger partial charge is 0.393 e. The molecule has 1 aliphatic heterocycles. The van der Waals surface area contributed by atoms with Gasteiger partial charge in [0.15, 0.2) is 0 Å². The summed E-state index contributed by atoms with van der Waals surface area (Å²) in [5.41, 5.74) is 0. The maximum atomic E-state index is 12.0. The Morgan fingerprint density at radius 3 is 2.75 bits per heavy atom. The van der Waals surface area contributed by atoms with Gasteiger partial charge in [0.1, 0.15) is 0 Å². The minimum atomic E-state index is -0.326. The van der Waals surface area contributed by atoms with Crippen LogP contribution in [0, 0.1) is 5.92 Å². The Morgan fingerprint density at radius 2 is 2.20 bits per heavy atom. The van der Waals surface area contributed by atoms with Crippen molar-refractivity contribution in [3.05, 3.63) is 0 Å². The summed E-state index contributed by atoms with van der Waals surface area (Å²) in [5.74, 6) is 0.0785. The second-order valence-electron chi connectivity index (χ2n) is 5.62. The molecule has 0 aromatic carbocycles. The van der Waals surface area contributed by atoms with Crippen molar-refractivity contribution >= 4 is 11.8 Å². The van der Waals surface area contributed by atoms with Crippen LogP contribution in [0.5, 0.6) is 0 Å². The number of aliphatic hydroxyl groups is 1. The zero-order valence-corrected chi connectivity index (χ0v) is 12.8. The molecule has 1 fully saturated rings. The standard InChI is InChI=1S/C14H27N3O3/c1-4-6-15-13(19)9-16(3)14(20)10-17-7-5-12(8-17)11(2)18/h11-12,18H,4-10H2,1-3H3,(H,15,19). The molecular formula is C14H27N3O3. The minimum absolute atomic E-state index is 0.0529. The Hall–Kier alpha value is -1.14. The topological polar surface area (TPSA) is 72.9 Å². The first-order valence-electron chi connectivity index (χ1n) is 7.35. The van der Waals surface area contributed by atoms with Crippen molar-refractivity contribution in [2.45, 2.75) is 32.8 Å². The Bertz CT molecular complexity index is 334. The Morgan fingerprint density at radius 1 is 1.50 bits per heavy atom. The number of likely N-dealkylation sites (N-methyl/N-ethyl adjacent to an activating group) is 1. The fourth-order valence-electron chi connectivity index (χ4n) is 2.34. The van der Waals surface area contributed by atoms with Crippen LogP contribution < -0.4 is 5.32 Å². The molecule has 2 amide bonds. The van der Waals surface area contributed by atoms with Gasteiger partial charge < -0.3 is 15.3 Å². The second-order valence-corrected chi connectivity index (χ2v) is 5.62. The Kier molecular flexibility index (Phi) is 6.95. The summed E-state index contributed by atoms with van der Waals surface area (Å²) in [5, 5.41) is 12.3. The van der Waals surface area contributed by atoms with Gasteiger partial charge in [-0.2, -0.15) is 0 Å². The van der Waals surface area contributed by atoms with Crippen LogP contribution in [0.1, 0.15) is 26.7 Å². The van der Waals surface area contributed by atoms with E-state index < -0.39 is 0 Å². The molecule has 0 saturated carbocycles. The number of carbonyl (C=O) groups is 2. The molecule has 1 aliphatic rings. The molecule has 2 atom stereocenters. The summed E-state index contributed by atoms with van der Waals surface area (Å²) in [6.07, 6.45) is 1.48. The number of hydrogen-bond donors (Lipinski definition) is 2. The van der Waals surface area contributed by atoms with Crippen molar-refractivity contribution in [2.75, 3.05) is 39.8 Å². The first-order valence-corrected chi connectivity index (χ1v) is 7.35. The third kappa shape index (κ3) is 5.46. The summed E-state index contributed by atoms with van der Waals surface area (Å²) in [7, 11) is 1.65. The number of nitrogens with zero attached hydrogens (tertiary/aromatic N) is 2. The maximum Gasteiger partial charge on any atom is 0.239 e. The van der Waals surface area contributed by atoms with Gasteiger partial charge in [0.25, 0.3) is 0 Å². The highest BCUT2D eigenvalue weighted by atomic mass is 16.3. The molecular weight excluding hydrogens is 258 g/mol. The average Bonchev–Trinajstić information content (AvgIpc) is 2.84. The molecule has 1 heterocycles. The molecule has 0 aromatic rings. The van der Waals surface area contributed by atoms with Crippen molar-refractivity contribution in [3.63, 3.8) is 0 Å². The molecule has 0 bridgehead atoms. The van der Waals surface area contributed by atoms with Crippen molar-refractivity contribution in [3.8, 4) is 0 Å². The number of amides is 2. The number of likely N-dealkylation sites (tertiary alicyclic amines) is 1. The molecule has 6 heteroatoms. The van der Waals surface area contributed by atoms with Crippen molar-refractivity contribution in [2.24, 2.45) is 5.92 Å². The summed E-state index contributed by atoms with van der Waals surface area (Å²) in [6.45, 7) is 6.42. The van der Waals surface area contributed by atoms with E-state index in [1.165, 1.54) is 4.90 Å².